The van der Waals surface area contributed by atoms with Gasteiger partial charge in [0, 0.05) is 37.7 Å². The molecule has 1 amide bonds. The number of rotatable bonds is 4. The number of benzene rings is 1. The Balaban J connectivity index is 1.59. The minimum absolute atomic E-state index is 0.211. The Hall–Kier alpha value is -3.74. The van der Waals surface area contributed by atoms with Gasteiger partial charge in [0.05, 0.1) is 17.4 Å². The molecule has 0 atom stereocenters. The number of fused-ring (bicyclic) bond motifs is 1. The van der Waals surface area contributed by atoms with Gasteiger partial charge >= 0.3 is 0 Å². The van der Waals surface area contributed by atoms with E-state index in [0.29, 0.717) is 33.9 Å². The molecule has 0 radical (unpaired) electrons. The number of oxazole rings is 1. The Morgan fingerprint density at radius 3 is 2.81 bits per heavy atom. The molecule has 0 saturated carbocycles. The summed E-state index contributed by atoms with van der Waals surface area (Å²) in [6.07, 6.45) is 4.87. The second-order valence-electron chi connectivity index (χ2n) is 6.21. The molecular formula is C20H17N5O2. The van der Waals surface area contributed by atoms with E-state index in [1.165, 1.54) is 0 Å². The van der Waals surface area contributed by atoms with E-state index in [2.05, 4.69) is 20.3 Å². The average Bonchev–Trinajstić information content (AvgIpc) is 3.12. The van der Waals surface area contributed by atoms with Gasteiger partial charge in [0.1, 0.15) is 0 Å². The van der Waals surface area contributed by atoms with Gasteiger partial charge in [-0.1, -0.05) is 6.07 Å². The molecule has 0 fully saturated rings. The first-order valence-electron chi connectivity index (χ1n) is 8.36. The molecule has 0 aliphatic heterocycles. The Morgan fingerprint density at radius 2 is 2.00 bits per heavy atom. The van der Waals surface area contributed by atoms with Crippen molar-refractivity contribution in [3.05, 3.63) is 66.6 Å². The molecule has 0 bridgehead atoms. The lowest BCUT2D eigenvalue weighted by Gasteiger charge is -2.13. The van der Waals surface area contributed by atoms with Crippen LogP contribution in [0.3, 0.4) is 0 Å². The van der Waals surface area contributed by atoms with Gasteiger partial charge in [-0.3, -0.25) is 9.78 Å². The number of hydrogen-bond donors (Lipinski definition) is 1. The Bertz CT molecular complexity index is 1090. The van der Waals surface area contributed by atoms with Gasteiger partial charge in [0.25, 0.3) is 5.91 Å². The predicted molar refractivity (Wildman–Crippen MR) is 104 cm³/mol. The summed E-state index contributed by atoms with van der Waals surface area (Å²) in [5, 5.41) is 2.86. The highest BCUT2D eigenvalue weighted by Crippen LogP contribution is 2.24. The third kappa shape index (κ3) is 3.48. The summed E-state index contributed by atoms with van der Waals surface area (Å²) in [7, 11) is 3.86. The fourth-order valence-electron chi connectivity index (χ4n) is 2.65. The Kier molecular flexibility index (Phi) is 4.25. The maximum absolute atomic E-state index is 12.6. The van der Waals surface area contributed by atoms with Crippen LogP contribution in [-0.4, -0.2) is 35.0 Å². The largest absolute Gasteiger partial charge is 0.434 e. The molecule has 27 heavy (non-hydrogen) atoms. The zero-order chi connectivity index (χ0) is 18.8. The van der Waals surface area contributed by atoms with Crippen LogP contribution in [0.4, 0.5) is 11.4 Å². The Labute approximate surface area is 155 Å². The molecule has 0 spiro atoms. The minimum atomic E-state index is -0.211. The number of nitrogens with one attached hydrogen (secondary N) is 1. The number of hydrogen-bond acceptors (Lipinski definition) is 6. The van der Waals surface area contributed by atoms with Crippen molar-refractivity contribution in [3.8, 4) is 11.5 Å². The molecule has 1 N–H and O–H groups in total. The Morgan fingerprint density at radius 1 is 1.11 bits per heavy atom. The highest BCUT2D eigenvalue weighted by Gasteiger charge is 2.12. The van der Waals surface area contributed by atoms with E-state index < -0.39 is 0 Å². The van der Waals surface area contributed by atoms with Gasteiger partial charge in [0.2, 0.25) is 5.89 Å². The average molecular weight is 359 g/mol. The van der Waals surface area contributed by atoms with Crippen molar-refractivity contribution in [2.24, 2.45) is 0 Å². The molecule has 0 saturated heterocycles. The van der Waals surface area contributed by atoms with E-state index in [1.807, 2.05) is 37.2 Å². The summed E-state index contributed by atoms with van der Waals surface area (Å²) in [6.45, 7) is 0. The van der Waals surface area contributed by atoms with Crippen molar-refractivity contribution in [2.75, 3.05) is 24.3 Å². The molecule has 7 nitrogen and oxygen atoms in total. The van der Waals surface area contributed by atoms with Crippen LogP contribution in [0.15, 0.2) is 65.5 Å². The minimum Gasteiger partial charge on any atom is -0.434 e. The summed E-state index contributed by atoms with van der Waals surface area (Å²) in [5.41, 5.74) is 3.87. The van der Waals surface area contributed by atoms with Gasteiger partial charge in [-0.05, 0) is 36.4 Å². The lowest BCUT2D eigenvalue weighted by molar-refractivity contribution is 0.102. The summed E-state index contributed by atoms with van der Waals surface area (Å²) in [6, 6.07) is 12.8. The summed E-state index contributed by atoms with van der Waals surface area (Å²) in [5.74, 6) is 0.193. The molecule has 4 rings (SSSR count). The van der Waals surface area contributed by atoms with Crippen molar-refractivity contribution in [3.63, 3.8) is 0 Å². The lowest BCUT2D eigenvalue weighted by atomic mass is 10.1. The standard InChI is InChI=1S/C20H17N5O2/c1-25(2)16-6-3-5-13(10-16)19(26)23-15-9-14(11-21-12-15)20-24-18-17(27-20)7-4-8-22-18/h3-12H,1-2H3,(H,23,26). The third-order valence-electron chi connectivity index (χ3n) is 4.03. The second-order valence-corrected chi connectivity index (χ2v) is 6.21. The van der Waals surface area contributed by atoms with Crippen LogP contribution in [-0.2, 0) is 0 Å². The highest BCUT2D eigenvalue weighted by molar-refractivity contribution is 6.05. The van der Waals surface area contributed by atoms with Crippen molar-refractivity contribution in [1.29, 1.82) is 0 Å². The predicted octanol–water partition coefficient (Wildman–Crippen LogP) is 3.60. The molecule has 0 aliphatic rings. The van der Waals surface area contributed by atoms with E-state index in [9.17, 15) is 4.79 Å². The fraction of sp³-hybridized carbons (Fsp3) is 0.100. The number of carbonyl (C=O) groups excluding carboxylic acids is 1. The SMILES string of the molecule is CN(C)c1cccc(C(=O)Nc2cncc(-c3nc4ncccc4o3)c2)c1. The third-order valence-corrected chi connectivity index (χ3v) is 4.03. The molecular weight excluding hydrogens is 342 g/mol. The van der Waals surface area contributed by atoms with Crippen LogP contribution in [0.5, 0.6) is 0 Å². The molecule has 7 heteroatoms. The van der Waals surface area contributed by atoms with E-state index in [0.717, 1.165) is 5.69 Å². The summed E-state index contributed by atoms with van der Waals surface area (Å²) >= 11 is 0. The first-order valence-corrected chi connectivity index (χ1v) is 8.36. The van der Waals surface area contributed by atoms with Crippen molar-refractivity contribution in [1.82, 2.24) is 15.0 Å². The highest BCUT2D eigenvalue weighted by atomic mass is 16.3. The van der Waals surface area contributed by atoms with Crippen LogP contribution in [0.2, 0.25) is 0 Å². The number of carbonyl (C=O) groups is 1. The van der Waals surface area contributed by atoms with Crippen LogP contribution in [0.25, 0.3) is 22.7 Å². The van der Waals surface area contributed by atoms with Crippen LogP contribution in [0.1, 0.15) is 10.4 Å². The van der Waals surface area contributed by atoms with Gasteiger partial charge < -0.3 is 14.6 Å². The molecule has 1 aromatic carbocycles. The number of nitrogens with zero attached hydrogens (tertiary/aromatic N) is 4. The van der Waals surface area contributed by atoms with Crippen molar-refractivity contribution in [2.45, 2.75) is 0 Å². The van der Waals surface area contributed by atoms with E-state index >= 15 is 0 Å². The number of amides is 1. The normalized spacial score (nSPS) is 10.7. The molecule has 134 valence electrons. The maximum atomic E-state index is 12.6. The zero-order valence-corrected chi connectivity index (χ0v) is 14.9. The molecule has 0 aliphatic carbocycles. The quantitative estimate of drug-likeness (QED) is 0.599. The van der Waals surface area contributed by atoms with Crippen molar-refractivity contribution < 1.29 is 9.21 Å². The van der Waals surface area contributed by atoms with Gasteiger partial charge in [0.15, 0.2) is 11.2 Å². The lowest BCUT2D eigenvalue weighted by Crippen LogP contribution is -2.14. The van der Waals surface area contributed by atoms with Gasteiger partial charge in [-0.15, -0.1) is 0 Å². The smallest absolute Gasteiger partial charge is 0.255 e. The first-order chi connectivity index (χ1) is 13.1. The molecule has 0 unspecified atom stereocenters. The zero-order valence-electron chi connectivity index (χ0n) is 14.9. The van der Waals surface area contributed by atoms with Crippen LogP contribution >= 0.6 is 0 Å². The van der Waals surface area contributed by atoms with E-state index in [1.54, 1.807) is 42.9 Å². The molecule has 3 aromatic heterocycles. The second kappa shape index (κ2) is 6.87. The first kappa shape index (κ1) is 16.7. The van der Waals surface area contributed by atoms with Gasteiger partial charge in [-0.2, -0.15) is 4.98 Å². The van der Waals surface area contributed by atoms with Crippen LogP contribution in [0, 0.1) is 0 Å². The number of pyridine rings is 2. The fourth-order valence-corrected chi connectivity index (χ4v) is 2.65. The summed E-state index contributed by atoms with van der Waals surface area (Å²) < 4.78 is 5.71. The molecule has 4 aromatic rings. The van der Waals surface area contributed by atoms with E-state index in [4.69, 9.17) is 4.42 Å². The monoisotopic (exact) mass is 359 g/mol. The van der Waals surface area contributed by atoms with Crippen molar-refractivity contribution >= 4 is 28.5 Å². The number of aromatic nitrogens is 3. The molecule has 3 heterocycles. The number of anilines is 2. The maximum Gasteiger partial charge on any atom is 0.255 e. The van der Waals surface area contributed by atoms with Crippen LogP contribution < -0.4 is 10.2 Å². The summed E-state index contributed by atoms with van der Waals surface area (Å²) in [4.78, 5) is 27.2. The van der Waals surface area contributed by atoms with Gasteiger partial charge in [-0.25, -0.2) is 4.98 Å². The van der Waals surface area contributed by atoms with E-state index in [-0.39, 0.29) is 5.91 Å². The topological polar surface area (TPSA) is 84.2 Å².